The molecule has 1 atom stereocenters. The van der Waals surface area contributed by atoms with E-state index in [0.29, 0.717) is 22.3 Å². The lowest BCUT2D eigenvalue weighted by Crippen LogP contribution is -2.29. The molecular formula is C20H19Cl2NO4. The van der Waals surface area contributed by atoms with Crippen molar-refractivity contribution < 1.29 is 19.1 Å². The summed E-state index contributed by atoms with van der Waals surface area (Å²) in [6, 6.07) is 11.9. The van der Waals surface area contributed by atoms with Gasteiger partial charge in [0, 0.05) is 11.1 Å². The van der Waals surface area contributed by atoms with Crippen molar-refractivity contribution >= 4 is 46.8 Å². The molecule has 2 aromatic rings. The van der Waals surface area contributed by atoms with Crippen LogP contribution in [0, 0.1) is 0 Å². The normalized spacial score (nSPS) is 11.9. The van der Waals surface area contributed by atoms with Gasteiger partial charge in [-0.15, -0.1) is 0 Å². The predicted octanol–water partition coefficient (Wildman–Crippen LogP) is 4.98. The van der Waals surface area contributed by atoms with Crippen molar-refractivity contribution in [2.45, 2.75) is 20.0 Å². The van der Waals surface area contributed by atoms with Crippen molar-refractivity contribution in [2.24, 2.45) is 0 Å². The highest BCUT2D eigenvalue weighted by molar-refractivity contribution is 6.36. The van der Waals surface area contributed by atoms with Crippen LogP contribution in [0.4, 0.5) is 5.69 Å². The van der Waals surface area contributed by atoms with E-state index in [2.05, 4.69) is 5.32 Å². The van der Waals surface area contributed by atoms with Gasteiger partial charge in [0.1, 0.15) is 5.75 Å². The number of rotatable bonds is 7. The molecule has 7 heteroatoms. The molecule has 0 radical (unpaired) electrons. The summed E-state index contributed by atoms with van der Waals surface area (Å²) in [6.45, 7) is 3.96. The molecule has 5 nitrogen and oxygen atoms in total. The maximum Gasteiger partial charge on any atom is 0.331 e. The third-order valence-corrected chi connectivity index (χ3v) is 4.00. The van der Waals surface area contributed by atoms with Gasteiger partial charge in [0.15, 0.2) is 6.10 Å². The van der Waals surface area contributed by atoms with Crippen molar-refractivity contribution in [2.75, 3.05) is 11.9 Å². The molecule has 27 heavy (non-hydrogen) atoms. The maximum atomic E-state index is 12.1. The molecule has 0 aromatic heterocycles. The van der Waals surface area contributed by atoms with Crippen molar-refractivity contribution in [3.05, 3.63) is 64.1 Å². The maximum absolute atomic E-state index is 12.1. The average Bonchev–Trinajstić information content (AvgIpc) is 2.63. The van der Waals surface area contributed by atoms with Gasteiger partial charge >= 0.3 is 5.97 Å². The summed E-state index contributed by atoms with van der Waals surface area (Å²) in [4.78, 5) is 24.0. The van der Waals surface area contributed by atoms with Gasteiger partial charge in [-0.05, 0) is 55.8 Å². The van der Waals surface area contributed by atoms with Gasteiger partial charge in [-0.3, -0.25) is 4.79 Å². The zero-order valence-electron chi connectivity index (χ0n) is 14.9. The van der Waals surface area contributed by atoms with E-state index in [0.717, 1.165) is 11.3 Å². The van der Waals surface area contributed by atoms with Gasteiger partial charge in [0.2, 0.25) is 0 Å². The number of hydrogen-bond acceptors (Lipinski definition) is 4. The molecule has 0 bridgehead atoms. The first-order valence-electron chi connectivity index (χ1n) is 8.26. The largest absolute Gasteiger partial charge is 0.494 e. The molecule has 0 heterocycles. The Morgan fingerprint density at radius 2 is 1.85 bits per heavy atom. The lowest BCUT2D eigenvalue weighted by atomic mass is 10.2. The number of benzene rings is 2. The van der Waals surface area contributed by atoms with Crippen LogP contribution < -0.4 is 10.1 Å². The Balaban J connectivity index is 1.89. The second kappa shape index (κ2) is 10.00. The number of esters is 1. The summed E-state index contributed by atoms with van der Waals surface area (Å²) in [5.41, 5.74) is 1.19. The van der Waals surface area contributed by atoms with Gasteiger partial charge in [-0.2, -0.15) is 0 Å². The summed E-state index contributed by atoms with van der Waals surface area (Å²) < 4.78 is 10.5. The van der Waals surface area contributed by atoms with Gasteiger partial charge in [0.25, 0.3) is 5.91 Å². The first-order chi connectivity index (χ1) is 12.9. The SMILES string of the molecule is CCOc1ccc(/C=C/C(=O)OC(C)C(=O)Nc2ccc(Cl)cc2Cl)cc1. The minimum atomic E-state index is -0.991. The van der Waals surface area contributed by atoms with Crippen LogP contribution in [0.25, 0.3) is 6.08 Å². The van der Waals surface area contributed by atoms with Gasteiger partial charge in [0.05, 0.1) is 17.3 Å². The molecular weight excluding hydrogens is 389 g/mol. The molecule has 0 aliphatic carbocycles. The Morgan fingerprint density at radius 3 is 2.48 bits per heavy atom. The van der Waals surface area contributed by atoms with Gasteiger partial charge in [-0.1, -0.05) is 35.3 Å². The molecule has 0 fully saturated rings. The summed E-state index contributed by atoms with van der Waals surface area (Å²) in [5, 5.41) is 3.34. The standard InChI is InChI=1S/C20H19Cl2NO4/c1-3-26-16-8-4-14(5-9-16)6-11-19(24)27-13(2)20(25)23-18-10-7-15(21)12-17(18)22/h4-13H,3H2,1-2H3,(H,23,25)/b11-6+. The summed E-state index contributed by atoms with van der Waals surface area (Å²) in [6.07, 6.45) is 1.86. The molecule has 0 spiro atoms. The zero-order valence-corrected chi connectivity index (χ0v) is 16.4. The highest BCUT2D eigenvalue weighted by Crippen LogP contribution is 2.25. The van der Waals surface area contributed by atoms with Crippen LogP contribution in [0.1, 0.15) is 19.4 Å². The van der Waals surface area contributed by atoms with Crippen molar-refractivity contribution in [3.8, 4) is 5.75 Å². The number of carbonyl (C=O) groups is 2. The van der Waals surface area contributed by atoms with Crippen LogP contribution in [0.5, 0.6) is 5.75 Å². The Morgan fingerprint density at radius 1 is 1.15 bits per heavy atom. The number of hydrogen-bond donors (Lipinski definition) is 1. The van der Waals surface area contributed by atoms with E-state index in [1.807, 2.05) is 19.1 Å². The van der Waals surface area contributed by atoms with Crippen LogP contribution in [0.15, 0.2) is 48.5 Å². The Hall–Kier alpha value is -2.50. The first-order valence-corrected chi connectivity index (χ1v) is 9.02. The monoisotopic (exact) mass is 407 g/mol. The third-order valence-electron chi connectivity index (χ3n) is 3.45. The molecule has 2 rings (SSSR count). The quantitative estimate of drug-likeness (QED) is 0.519. The van der Waals surface area contributed by atoms with E-state index >= 15 is 0 Å². The Bertz CT molecular complexity index is 834. The fourth-order valence-electron chi connectivity index (χ4n) is 2.10. The van der Waals surface area contributed by atoms with E-state index in [4.69, 9.17) is 32.7 Å². The van der Waals surface area contributed by atoms with Crippen LogP contribution in [0.2, 0.25) is 10.0 Å². The van der Waals surface area contributed by atoms with E-state index < -0.39 is 18.0 Å². The summed E-state index contributed by atoms with van der Waals surface area (Å²) >= 11 is 11.8. The fraction of sp³-hybridized carbons (Fsp3) is 0.200. The van der Waals surface area contributed by atoms with E-state index in [1.54, 1.807) is 30.3 Å². The van der Waals surface area contributed by atoms with Gasteiger partial charge < -0.3 is 14.8 Å². The number of carbonyl (C=O) groups excluding carboxylic acids is 2. The molecule has 1 unspecified atom stereocenters. The Labute approximate surface area is 167 Å². The minimum Gasteiger partial charge on any atom is -0.494 e. The average molecular weight is 408 g/mol. The highest BCUT2D eigenvalue weighted by atomic mass is 35.5. The number of amides is 1. The number of anilines is 1. The number of nitrogens with one attached hydrogen (secondary N) is 1. The fourth-order valence-corrected chi connectivity index (χ4v) is 2.55. The van der Waals surface area contributed by atoms with E-state index in [9.17, 15) is 9.59 Å². The third kappa shape index (κ3) is 6.62. The zero-order chi connectivity index (χ0) is 19.8. The molecule has 0 saturated heterocycles. The number of ether oxygens (including phenoxy) is 2. The van der Waals surface area contributed by atoms with Crippen LogP contribution in [0.3, 0.4) is 0 Å². The molecule has 0 saturated carbocycles. The highest BCUT2D eigenvalue weighted by Gasteiger charge is 2.17. The molecule has 0 aliphatic heterocycles. The second-order valence-corrected chi connectivity index (χ2v) is 6.37. The van der Waals surface area contributed by atoms with E-state index in [-0.39, 0.29) is 0 Å². The topological polar surface area (TPSA) is 64.6 Å². The lowest BCUT2D eigenvalue weighted by Gasteiger charge is -2.13. The summed E-state index contributed by atoms with van der Waals surface area (Å²) in [5.74, 6) is -0.376. The molecule has 142 valence electrons. The first kappa shape index (κ1) is 20.8. The Kier molecular flexibility index (Phi) is 7.70. The van der Waals surface area contributed by atoms with Crippen LogP contribution in [-0.4, -0.2) is 24.6 Å². The smallest absolute Gasteiger partial charge is 0.331 e. The number of halogens is 2. The molecule has 1 N–H and O–H groups in total. The minimum absolute atomic E-state index is 0.296. The molecule has 2 aromatic carbocycles. The molecule has 0 aliphatic rings. The summed E-state index contributed by atoms with van der Waals surface area (Å²) in [7, 11) is 0. The van der Waals surface area contributed by atoms with Gasteiger partial charge in [-0.25, -0.2) is 4.79 Å². The van der Waals surface area contributed by atoms with Crippen molar-refractivity contribution in [1.29, 1.82) is 0 Å². The van der Waals surface area contributed by atoms with Crippen LogP contribution >= 0.6 is 23.2 Å². The van der Waals surface area contributed by atoms with Crippen molar-refractivity contribution in [1.82, 2.24) is 0 Å². The van der Waals surface area contributed by atoms with Crippen molar-refractivity contribution in [3.63, 3.8) is 0 Å². The van der Waals surface area contributed by atoms with E-state index in [1.165, 1.54) is 19.1 Å². The lowest BCUT2D eigenvalue weighted by molar-refractivity contribution is -0.148. The van der Waals surface area contributed by atoms with Crippen LogP contribution in [-0.2, 0) is 14.3 Å². The molecule has 1 amide bonds. The predicted molar refractivity (Wildman–Crippen MR) is 107 cm³/mol. The second-order valence-electron chi connectivity index (χ2n) is 5.53.